The lowest BCUT2D eigenvalue weighted by Crippen LogP contribution is -2.48. The molecule has 4 rings (SSSR count). The molecule has 1 aliphatic carbocycles. The highest BCUT2D eigenvalue weighted by Crippen LogP contribution is 2.27. The third kappa shape index (κ3) is 7.31. The summed E-state index contributed by atoms with van der Waals surface area (Å²) in [7, 11) is 0. The van der Waals surface area contributed by atoms with E-state index in [1.54, 1.807) is 6.92 Å². The van der Waals surface area contributed by atoms with Crippen LogP contribution >= 0.6 is 0 Å². The third-order valence-corrected chi connectivity index (χ3v) is 6.95. The van der Waals surface area contributed by atoms with Gasteiger partial charge in [0, 0.05) is 56.0 Å². The highest BCUT2D eigenvalue weighted by atomic mass is 19.1. The maximum atomic E-state index is 13.5. The van der Waals surface area contributed by atoms with Crippen molar-refractivity contribution in [3.8, 4) is 23.7 Å². The molecule has 2 heterocycles. The smallest absolute Gasteiger partial charge is 0.243 e. The maximum Gasteiger partial charge on any atom is 0.243 e. The van der Waals surface area contributed by atoms with Crippen LogP contribution < -0.4 is 21.7 Å². The topological polar surface area (TPSA) is 117 Å². The molecule has 3 amide bonds. The number of nitrogens with zero attached hydrogens (tertiary/aromatic N) is 1. The van der Waals surface area contributed by atoms with Gasteiger partial charge in [-0.05, 0) is 48.8 Å². The number of carbonyl (C=O) groups is 3. The van der Waals surface area contributed by atoms with Gasteiger partial charge < -0.3 is 26.6 Å². The van der Waals surface area contributed by atoms with Crippen LogP contribution in [0.1, 0.15) is 43.7 Å². The Bertz CT molecular complexity index is 1130. The lowest BCUT2D eigenvalue weighted by Gasteiger charge is -2.26. The van der Waals surface area contributed by atoms with Crippen molar-refractivity contribution in [3.05, 3.63) is 35.4 Å². The van der Waals surface area contributed by atoms with Crippen molar-refractivity contribution in [2.45, 2.75) is 63.4 Å². The summed E-state index contributed by atoms with van der Waals surface area (Å²) >= 11 is 0. The van der Waals surface area contributed by atoms with Crippen molar-refractivity contribution in [1.82, 2.24) is 20.9 Å². The lowest BCUT2D eigenvalue weighted by molar-refractivity contribution is -0.141. The number of amides is 3. The molecule has 1 aromatic rings. The Morgan fingerprint density at radius 2 is 1.92 bits per heavy atom. The Kier molecular flexibility index (Phi) is 8.81. The standard InChI is InChI=1S/C28H34FN5O3/c1-18(14-30)28(37)34-17-23(33-26(35)24-12-22(29)16-31-24)13-25(34)27(36)32-15-21-10-8-20(9-11-21)5-3-2-4-19-6-7-19/h8-11,18-19,22-25,31H,6-7,12-17,30H2,1H3,(H,32,36)(H,33,35)/t18-,22-,23+,24-,25+/m0/s1. The second-order valence-corrected chi connectivity index (χ2v) is 10.1. The van der Waals surface area contributed by atoms with Crippen LogP contribution in [0, 0.1) is 35.5 Å². The zero-order chi connectivity index (χ0) is 26.4. The predicted molar refractivity (Wildman–Crippen MR) is 137 cm³/mol. The fourth-order valence-electron chi connectivity index (χ4n) is 4.49. The van der Waals surface area contributed by atoms with Gasteiger partial charge in [-0.1, -0.05) is 30.9 Å². The number of nitrogens with one attached hydrogen (secondary N) is 3. The first-order valence-corrected chi connectivity index (χ1v) is 12.9. The Balaban J connectivity index is 1.34. The largest absolute Gasteiger partial charge is 0.350 e. The number of carbonyl (C=O) groups excluding carboxylic acids is 3. The van der Waals surface area contributed by atoms with E-state index in [9.17, 15) is 18.8 Å². The van der Waals surface area contributed by atoms with Crippen molar-refractivity contribution in [3.63, 3.8) is 0 Å². The van der Waals surface area contributed by atoms with Crippen molar-refractivity contribution in [2.24, 2.45) is 17.6 Å². The summed E-state index contributed by atoms with van der Waals surface area (Å²) in [6, 6.07) is 5.81. The summed E-state index contributed by atoms with van der Waals surface area (Å²) in [5, 5.41) is 8.65. The number of hydrogen-bond acceptors (Lipinski definition) is 5. The number of benzene rings is 1. The van der Waals surface area contributed by atoms with Crippen LogP contribution in [0.3, 0.4) is 0 Å². The van der Waals surface area contributed by atoms with Gasteiger partial charge in [-0.25, -0.2) is 4.39 Å². The quantitative estimate of drug-likeness (QED) is 0.400. The lowest BCUT2D eigenvalue weighted by atomic mass is 10.1. The maximum absolute atomic E-state index is 13.5. The van der Waals surface area contributed by atoms with Gasteiger partial charge in [-0.15, -0.1) is 0 Å². The van der Waals surface area contributed by atoms with Gasteiger partial charge in [0.15, 0.2) is 0 Å². The first-order valence-electron chi connectivity index (χ1n) is 12.9. The molecule has 0 aromatic heterocycles. The third-order valence-electron chi connectivity index (χ3n) is 6.95. The van der Waals surface area contributed by atoms with E-state index in [1.807, 2.05) is 24.3 Å². The molecule has 3 fully saturated rings. The van der Waals surface area contributed by atoms with E-state index in [0.29, 0.717) is 12.5 Å². The Morgan fingerprint density at radius 1 is 1.16 bits per heavy atom. The van der Waals surface area contributed by atoms with Crippen LogP contribution in [-0.2, 0) is 20.9 Å². The summed E-state index contributed by atoms with van der Waals surface area (Å²) in [4.78, 5) is 40.1. The molecular formula is C28H34FN5O3. The number of halogens is 1. The fraction of sp³-hybridized carbons (Fsp3) is 0.536. The number of alkyl halides is 1. The summed E-state index contributed by atoms with van der Waals surface area (Å²) < 4.78 is 13.5. The molecule has 2 saturated heterocycles. The van der Waals surface area contributed by atoms with Gasteiger partial charge in [0.1, 0.15) is 12.2 Å². The van der Waals surface area contributed by atoms with Crippen LogP contribution in [0.15, 0.2) is 24.3 Å². The molecule has 0 radical (unpaired) electrons. The molecule has 5 N–H and O–H groups in total. The van der Waals surface area contributed by atoms with Gasteiger partial charge in [-0.2, -0.15) is 0 Å². The van der Waals surface area contributed by atoms with Crippen LogP contribution in [0.25, 0.3) is 0 Å². The average molecular weight is 508 g/mol. The van der Waals surface area contributed by atoms with E-state index >= 15 is 0 Å². The van der Waals surface area contributed by atoms with Crippen molar-refractivity contribution in [1.29, 1.82) is 0 Å². The summed E-state index contributed by atoms with van der Waals surface area (Å²) in [6.45, 7) is 2.52. The molecular weight excluding hydrogens is 473 g/mol. The highest BCUT2D eigenvalue weighted by Gasteiger charge is 2.42. The van der Waals surface area contributed by atoms with Gasteiger partial charge in [-0.3, -0.25) is 14.4 Å². The van der Waals surface area contributed by atoms with E-state index in [-0.39, 0.29) is 50.2 Å². The molecule has 9 heteroatoms. The highest BCUT2D eigenvalue weighted by molar-refractivity contribution is 5.90. The minimum Gasteiger partial charge on any atom is -0.350 e. The Labute approximate surface area is 217 Å². The van der Waals surface area contributed by atoms with Crippen LogP contribution in [0.4, 0.5) is 4.39 Å². The summed E-state index contributed by atoms with van der Waals surface area (Å²) in [5.74, 6) is 11.1. The molecule has 3 aliphatic rings. The monoisotopic (exact) mass is 507 g/mol. The summed E-state index contributed by atoms with van der Waals surface area (Å²) in [5.41, 5.74) is 7.44. The number of hydrogen-bond donors (Lipinski definition) is 4. The minimum absolute atomic E-state index is 0.119. The summed E-state index contributed by atoms with van der Waals surface area (Å²) in [6.07, 6.45) is 1.68. The SMILES string of the molecule is C[C@@H](CN)C(=O)N1C[C@H](NC(=O)[C@@H]2C[C@H](F)CN2)C[C@@H]1C(=O)NCc1ccc(C#CC#CC2CC2)cc1. The predicted octanol–water partition coefficient (Wildman–Crippen LogP) is 0.448. The Hall–Kier alpha value is -3.40. The Morgan fingerprint density at radius 3 is 2.57 bits per heavy atom. The normalized spacial score (nSPS) is 25.3. The van der Waals surface area contributed by atoms with E-state index in [4.69, 9.17) is 5.73 Å². The van der Waals surface area contributed by atoms with Crippen molar-refractivity contribution in [2.75, 3.05) is 19.6 Å². The molecule has 0 spiro atoms. The van der Waals surface area contributed by atoms with E-state index < -0.39 is 30.2 Å². The van der Waals surface area contributed by atoms with Gasteiger partial charge in [0.25, 0.3) is 0 Å². The fourth-order valence-corrected chi connectivity index (χ4v) is 4.49. The van der Waals surface area contributed by atoms with Crippen molar-refractivity contribution >= 4 is 17.7 Å². The average Bonchev–Trinajstić information content (AvgIpc) is 3.47. The second-order valence-electron chi connectivity index (χ2n) is 10.1. The first-order chi connectivity index (χ1) is 17.8. The molecule has 0 bridgehead atoms. The molecule has 8 nitrogen and oxygen atoms in total. The first kappa shape index (κ1) is 26.7. The molecule has 0 unspecified atom stereocenters. The molecule has 1 aromatic carbocycles. The number of rotatable bonds is 7. The zero-order valence-corrected chi connectivity index (χ0v) is 21.1. The van der Waals surface area contributed by atoms with E-state index in [1.165, 1.54) is 17.7 Å². The number of nitrogens with two attached hydrogens (primary N) is 1. The number of likely N-dealkylation sites (tertiary alicyclic amines) is 1. The minimum atomic E-state index is -1.05. The van der Waals surface area contributed by atoms with Crippen LogP contribution in [0.5, 0.6) is 0 Å². The zero-order valence-electron chi connectivity index (χ0n) is 21.1. The van der Waals surface area contributed by atoms with Gasteiger partial charge in [0.2, 0.25) is 17.7 Å². The van der Waals surface area contributed by atoms with Crippen LogP contribution in [0.2, 0.25) is 0 Å². The molecule has 2 aliphatic heterocycles. The van der Waals surface area contributed by atoms with Gasteiger partial charge in [0.05, 0.1) is 6.04 Å². The van der Waals surface area contributed by atoms with Crippen molar-refractivity contribution < 1.29 is 18.8 Å². The molecule has 5 atom stereocenters. The van der Waals surface area contributed by atoms with Gasteiger partial charge >= 0.3 is 0 Å². The van der Waals surface area contributed by atoms with E-state index in [0.717, 1.165) is 11.1 Å². The molecule has 196 valence electrons. The van der Waals surface area contributed by atoms with E-state index in [2.05, 4.69) is 39.6 Å². The second kappa shape index (κ2) is 12.2. The molecule has 1 saturated carbocycles. The van der Waals surface area contributed by atoms with Crippen LogP contribution in [-0.4, -0.2) is 66.6 Å². The molecule has 37 heavy (non-hydrogen) atoms.